The van der Waals surface area contributed by atoms with Crippen molar-refractivity contribution >= 4 is 67.0 Å². The molecule has 10 heteroatoms. The van der Waals surface area contributed by atoms with Gasteiger partial charge in [0.15, 0.2) is 5.13 Å². The fraction of sp³-hybridized carbons (Fsp3) is 0. The molecule has 0 aliphatic carbocycles. The van der Waals surface area contributed by atoms with E-state index in [1.54, 1.807) is 6.07 Å². The van der Waals surface area contributed by atoms with Crippen molar-refractivity contribution in [2.24, 2.45) is 0 Å². The molecule has 0 aliphatic heterocycles. The van der Waals surface area contributed by atoms with E-state index in [0.717, 1.165) is 22.5 Å². The van der Waals surface area contributed by atoms with Gasteiger partial charge >= 0.3 is 0 Å². The van der Waals surface area contributed by atoms with Crippen molar-refractivity contribution in [3.63, 3.8) is 0 Å². The molecule has 0 unspecified atom stereocenters. The molecule has 0 aliphatic rings. The lowest BCUT2D eigenvalue weighted by molar-refractivity contribution is 0.103. The van der Waals surface area contributed by atoms with E-state index < -0.39 is 5.91 Å². The number of nitrogen functional groups attached to an aromatic ring is 2. The van der Waals surface area contributed by atoms with Crippen molar-refractivity contribution in [3.05, 3.63) is 75.4 Å². The van der Waals surface area contributed by atoms with Crippen LogP contribution in [0, 0.1) is 11.3 Å². The molecule has 0 fully saturated rings. The average Bonchev–Trinajstić information content (AvgIpc) is 3.43. The molecule has 0 radical (unpaired) electrons. The zero-order valence-corrected chi connectivity index (χ0v) is 19.8. The number of anilines is 3. The van der Waals surface area contributed by atoms with Gasteiger partial charge in [-0.2, -0.15) is 5.26 Å². The average molecular weight is 503 g/mol. The first-order chi connectivity index (χ1) is 16.5. The molecular weight excluding hydrogens is 488 g/mol. The van der Waals surface area contributed by atoms with E-state index in [2.05, 4.69) is 21.4 Å². The standard InChI is InChI=1S/C24H15ClN6OS2/c25-15-9-5-4-8-13(15)16-11-33-24(29-16)31-22(32)20-19(27)18-17(12-6-2-1-3-7-12)14(10-26)21(28)30-23(18)34-20/h1-9,11H,27H2,(H2,28,30)(H,29,31,32). The molecule has 5 rings (SSSR count). The number of fused-ring (bicyclic) bond motifs is 1. The van der Waals surface area contributed by atoms with E-state index in [1.807, 2.05) is 53.9 Å². The number of nitrogens with one attached hydrogen (secondary N) is 1. The lowest BCUT2D eigenvalue weighted by atomic mass is 9.97. The fourth-order valence-electron chi connectivity index (χ4n) is 3.62. The number of thiophene rings is 1. The Balaban J connectivity index is 1.55. The summed E-state index contributed by atoms with van der Waals surface area (Å²) in [7, 11) is 0. The molecule has 3 heterocycles. The van der Waals surface area contributed by atoms with E-state index in [-0.39, 0.29) is 21.9 Å². The second kappa shape index (κ2) is 8.76. The van der Waals surface area contributed by atoms with Crippen LogP contribution in [0.2, 0.25) is 5.02 Å². The third-order valence-electron chi connectivity index (χ3n) is 5.16. The van der Waals surface area contributed by atoms with Gasteiger partial charge in [0.25, 0.3) is 5.91 Å². The number of amides is 1. The van der Waals surface area contributed by atoms with E-state index >= 15 is 0 Å². The van der Waals surface area contributed by atoms with E-state index in [1.165, 1.54) is 11.3 Å². The number of halogens is 1. The van der Waals surface area contributed by atoms with Crippen molar-refractivity contribution in [2.45, 2.75) is 0 Å². The molecule has 5 N–H and O–H groups in total. The Kier molecular flexibility index (Phi) is 5.63. The second-order valence-corrected chi connectivity index (χ2v) is 9.49. The zero-order chi connectivity index (χ0) is 23.8. The van der Waals surface area contributed by atoms with Gasteiger partial charge in [0.1, 0.15) is 27.2 Å². The van der Waals surface area contributed by atoms with Crippen LogP contribution >= 0.6 is 34.3 Å². The van der Waals surface area contributed by atoms with Gasteiger partial charge in [-0.25, -0.2) is 9.97 Å². The van der Waals surface area contributed by atoms with Crippen molar-refractivity contribution in [1.82, 2.24) is 9.97 Å². The molecule has 0 atom stereocenters. The quantitative estimate of drug-likeness (QED) is 0.275. The van der Waals surface area contributed by atoms with Crippen LogP contribution in [-0.2, 0) is 0 Å². The van der Waals surface area contributed by atoms with Crippen LogP contribution in [0.1, 0.15) is 15.2 Å². The largest absolute Gasteiger partial charge is 0.397 e. The minimum atomic E-state index is -0.420. The number of nitrogens with zero attached hydrogens (tertiary/aromatic N) is 3. The number of carbonyl (C=O) groups is 1. The van der Waals surface area contributed by atoms with E-state index in [4.69, 9.17) is 23.1 Å². The van der Waals surface area contributed by atoms with Crippen LogP contribution in [0.3, 0.4) is 0 Å². The fourth-order valence-corrected chi connectivity index (χ4v) is 5.57. The maximum absolute atomic E-state index is 13.1. The van der Waals surface area contributed by atoms with Crippen molar-refractivity contribution in [1.29, 1.82) is 5.26 Å². The summed E-state index contributed by atoms with van der Waals surface area (Å²) in [6.07, 6.45) is 0. The molecule has 34 heavy (non-hydrogen) atoms. The summed E-state index contributed by atoms with van der Waals surface area (Å²) in [6, 6.07) is 18.8. The molecule has 166 valence electrons. The summed E-state index contributed by atoms with van der Waals surface area (Å²) < 4.78 is 0. The molecular formula is C24H15ClN6OS2. The van der Waals surface area contributed by atoms with E-state index in [0.29, 0.717) is 31.6 Å². The smallest absolute Gasteiger partial charge is 0.269 e. The number of benzene rings is 2. The second-order valence-electron chi connectivity index (χ2n) is 7.22. The van der Waals surface area contributed by atoms with Crippen LogP contribution in [-0.4, -0.2) is 15.9 Å². The highest BCUT2D eigenvalue weighted by molar-refractivity contribution is 7.21. The highest BCUT2D eigenvalue weighted by atomic mass is 35.5. The van der Waals surface area contributed by atoms with Crippen molar-refractivity contribution in [2.75, 3.05) is 16.8 Å². The summed E-state index contributed by atoms with van der Waals surface area (Å²) in [5, 5.41) is 15.9. The Morgan fingerprint density at radius 2 is 1.79 bits per heavy atom. The summed E-state index contributed by atoms with van der Waals surface area (Å²) in [4.78, 5) is 22.7. The highest BCUT2D eigenvalue weighted by Crippen LogP contribution is 2.42. The molecule has 2 aromatic carbocycles. The number of thiazole rings is 1. The Bertz CT molecular complexity index is 1600. The van der Waals surface area contributed by atoms with Gasteiger partial charge in [-0.1, -0.05) is 60.1 Å². The first kappa shape index (κ1) is 21.9. The van der Waals surface area contributed by atoms with Gasteiger partial charge in [-0.15, -0.1) is 22.7 Å². The summed E-state index contributed by atoms with van der Waals surface area (Å²) >= 11 is 8.66. The number of carbonyl (C=O) groups excluding carboxylic acids is 1. The molecule has 7 nitrogen and oxygen atoms in total. The van der Waals surface area contributed by atoms with Crippen LogP contribution in [0.25, 0.3) is 32.6 Å². The Hall–Kier alpha value is -3.97. The van der Waals surface area contributed by atoms with Gasteiger partial charge in [0, 0.05) is 26.9 Å². The van der Waals surface area contributed by atoms with Crippen LogP contribution in [0.5, 0.6) is 0 Å². The van der Waals surface area contributed by atoms with Crippen molar-refractivity contribution < 1.29 is 4.79 Å². The number of hydrogen-bond acceptors (Lipinski definition) is 8. The molecule has 0 saturated heterocycles. The Morgan fingerprint density at radius 3 is 2.53 bits per heavy atom. The predicted octanol–water partition coefficient (Wildman–Crippen LogP) is 6.03. The lowest BCUT2D eigenvalue weighted by Crippen LogP contribution is -2.11. The summed E-state index contributed by atoms with van der Waals surface area (Å²) in [6.45, 7) is 0. The monoisotopic (exact) mass is 502 g/mol. The number of aromatic nitrogens is 2. The third kappa shape index (κ3) is 3.74. The SMILES string of the molecule is N#Cc1c(N)nc2sc(C(=O)Nc3nc(-c4ccccc4Cl)cs3)c(N)c2c1-c1ccccc1. The van der Waals surface area contributed by atoms with Crippen LogP contribution in [0.15, 0.2) is 60.0 Å². The molecule has 5 aromatic rings. The number of nitrogens with two attached hydrogens (primary N) is 2. The summed E-state index contributed by atoms with van der Waals surface area (Å²) in [5.74, 6) is -0.331. The third-order valence-corrected chi connectivity index (χ3v) is 7.35. The molecule has 0 spiro atoms. The molecule has 1 amide bonds. The maximum Gasteiger partial charge on any atom is 0.269 e. The maximum atomic E-state index is 13.1. The minimum absolute atomic E-state index is 0.0892. The molecule has 0 saturated carbocycles. The predicted molar refractivity (Wildman–Crippen MR) is 139 cm³/mol. The topological polar surface area (TPSA) is 131 Å². The zero-order valence-electron chi connectivity index (χ0n) is 17.4. The summed E-state index contributed by atoms with van der Waals surface area (Å²) in [5.41, 5.74) is 15.7. The highest BCUT2D eigenvalue weighted by Gasteiger charge is 2.24. The lowest BCUT2D eigenvalue weighted by Gasteiger charge is -2.09. The normalized spacial score (nSPS) is 10.8. The molecule has 3 aromatic heterocycles. The Morgan fingerprint density at radius 1 is 1.06 bits per heavy atom. The van der Waals surface area contributed by atoms with Gasteiger partial charge in [-0.3, -0.25) is 10.1 Å². The first-order valence-electron chi connectivity index (χ1n) is 9.96. The van der Waals surface area contributed by atoms with Gasteiger partial charge in [0.05, 0.1) is 11.4 Å². The van der Waals surface area contributed by atoms with Gasteiger partial charge in [-0.05, 0) is 11.6 Å². The minimum Gasteiger partial charge on any atom is -0.397 e. The van der Waals surface area contributed by atoms with Crippen molar-refractivity contribution in [3.8, 4) is 28.5 Å². The first-order valence-corrected chi connectivity index (χ1v) is 12.0. The van der Waals surface area contributed by atoms with Crippen LogP contribution < -0.4 is 16.8 Å². The number of pyridine rings is 1. The van der Waals surface area contributed by atoms with Crippen LogP contribution in [0.4, 0.5) is 16.6 Å². The Labute approximate surface area is 207 Å². The number of nitriles is 1. The van der Waals surface area contributed by atoms with Gasteiger partial charge in [0.2, 0.25) is 0 Å². The number of rotatable bonds is 4. The number of hydrogen-bond donors (Lipinski definition) is 3. The van der Waals surface area contributed by atoms with Gasteiger partial charge < -0.3 is 11.5 Å². The van der Waals surface area contributed by atoms with E-state index in [9.17, 15) is 10.1 Å². The molecule has 0 bridgehead atoms.